The lowest BCUT2D eigenvalue weighted by atomic mass is 10.0. The average molecular weight is 314 g/mol. The second-order valence-electron chi connectivity index (χ2n) is 5.45. The maximum Gasteiger partial charge on any atom is 0.161 e. The van der Waals surface area contributed by atoms with Crippen molar-refractivity contribution in [2.45, 2.75) is 32.4 Å². The highest BCUT2D eigenvalue weighted by Gasteiger charge is 2.11. The van der Waals surface area contributed by atoms with Crippen LogP contribution in [0.25, 0.3) is 0 Å². The molecule has 0 radical (unpaired) electrons. The molecule has 0 saturated carbocycles. The summed E-state index contributed by atoms with van der Waals surface area (Å²) < 4.78 is 11.6. The van der Waals surface area contributed by atoms with Gasteiger partial charge >= 0.3 is 0 Å². The summed E-state index contributed by atoms with van der Waals surface area (Å²) in [6.07, 6.45) is 1.78. The summed E-state index contributed by atoms with van der Waals surface area (Å²) in [5.41, 5.74) is 13.9. The van der Waals surface area contributed by atoms with Crippen LogP contribution in [0.1, 0.15) is 36.9 Å². The summed E-state index contributed by atoms with van der Waals surface area (Å²) >= 11 is 0. The predicted octanol–water partition coefficient (Wildman–Crippen LogP) is 3.40. The van der Waals surface area contributed by atoms with Crippen LogP contribution in [-0.4, -0.2) is 13.2 Å². The van der Waals surface area contributed by atoms with Crippen LogP contribution in [0.2, 0.25) is 0 Å². The average Bonchev–Trinajstić information content (AvgIpc) is 2.59. The molecule has 0 aliphatic heterocycles. The molecule has 0 aliphatic carbocycles. The summed E-state index contributed by atoms with van der Waals surface area (Å²) in [6.45, 7) is 3.72. The van der Waals surface area contributed by atoms with E-state index in [4.69, 9.17) is 20.9 Å². The van der Waals surface area contributed by atoms with E-state index in [1.807, 2.05) is 55.5 Å². The third kappa shape index (κ3) is 5.27. The topological polar surface area (TPSA) is 70.5 Å². The van der Waals surface area contributed by atoms with Gasteiger partial charge in [-0.25, -0.2) is 0 Å². The highest BCUT2D eigenvalue weighted by atomic mass is 16.5. The van der Waals surface area contributed by atoms with E-state index in [-0.39, 0.29) is 6.04 Å². The van der Waals surface area contributed by atoms with Crippen molar-refractivity contribution < 1.29 is 9.47 Å². The third-order valence-corrected chi connectivity index (χ3v) is 3.65. The van der Waals surface area contributed by atoms with Crippen molar-refractivity contribution in [1.29, 1.82) is 0 Å². The highest BCUT2D eigenvalue weighted by Crippen LogP contribution is 2.31. The van der Waals surface area contributed by atoms with Gasteiger partial charge in [-0.1, -0.05) is 36.4 Å². The summed E-state index contributed by atoms with van der Waals surface area (Å²) in [5, 5.41) is 0. The number of hydrogen-bond donors (Lipinski definition) is 2. The Bertz CT molecular complexity index is 587. The molecular formula is C19H26N2O2. The Morgan fingerprint density at radius 3 is 2.48 bits per heavy atom. The smallest absolute Gasteiger partial charge is 0.161 e. The fraction of sp³-hybridized carbons (Fsp3) is 0.368. The molecule has 124 valence electrons. The first kappa shape index (κ1) is 17.3. The number of nitrogens with two attached hydrogens (primary N) is 2. The van der Waals surface area contributed by atoms with Crippen molar-refractivity contribution in [3.8, 4) is 11.5 Å². The SMILES string of the molecule is CCOc1cc([C@H](N)CCCN)ccc1OCc1ccccc1. The van der Waals surface area contributed by atoms with Crippen molar-refractivity contribution in [2.24, 2.45) is 11.5 Å². The van der Waals surface area contributed by atoms with Gasteiger partial charge in [0.2, 0.25) is 0 Å². The molecule has 0 fully saturated rings. The van der Waals surface area contributed by atoms with Crippen molar-refractivity contribution in [1.82, 2.24) is 0 Å². The van der Waals surface area contributed by atoms with E-state index >= 15 is 0 Å². The van der Waals surface area contributed by atoms with Gasteiger partial charge in [-0.05, 0) is 49.6 Å². The fourth-order valence-corrected chi connectivity index (χ4v) is 2.38. The normalized spacial score (nSPS) is 12.0. The zero-order chi connectivity index (χ0) is 16.5. The van der Waals surface area contributed by atoms with Crippen LogP contribution in [0.5, 0.6) is 11.5 Å². The molecule has 0 unspecified atom stereocenters. The van der Waals surface area contributed by atoms with Gasteiger partial charge in [-0.15, -0.1) is 0 Å². The summed E-state index contributed by atoms with van der Waals surface area (Å²) in [4.78, 5) is 0. The van der Waals surface area contributed by atoms with Crippen LogP contribution in [0.15, 0.2) is 48.5 Å². The molecule has 0 heterocycles. The molecule has 1 atom stereocenters. The lowest BCUT2D eigenvalue weighted by Crippen LogP contribution is -2.13. The molecule has 4 heteroatoms. The van der Waals surface area contributed by atoms with Gasteiger partial charge in [0, 0.05) is 6.04 Å². The summed E-state index contributed by atoms with van der Waals surface area (Å²) in [5.74, 6) is 1.48. The number of hydrogen-bond acceptors (Lipinski definition) is 4. The van der Waals surface area contributed by atoms with Crippen molar-refractivity contribution in [2.75, 3.05) is 13.2 Å². The van der Waals surface area contributed by atoms with Gasteiger partial charge in [0.15, 0.2) is 11.5 Å². The highest BCUT2D eigenvalue weighted by molar-refractivity contribution is 5.44. The molecule has 0 aliphatic rings. The first-order valence-electron chi connectivity index (χ1n) is 8.13. The zero-order valence-corrected chi connectivity index (χ0v) is 13.7. The van der Waals surface area contributed by atoms with E-state index in [2.05, 4.69) is 0 Å². The Balaban J connectivity index is 2.09. The van der Waals surface area contributed by atoms with E-state index < -0.39 is 0 Å². The maximum atomic E-state index is 6.21. The molecule has 0 bridgehead atoms. The van der Waals surface area contributed by atoms with Crippen LogP contribution in [0.3, 0.4) is 0 Å². The molecule has 2 aromatic carbocycles. The quantitative estimate of drug-likeness (QED) is 0.744. The molecule has 0 saturated heterocycles. The number of ether oxygens (including phenoxy) is 2. The third-order valence-electron chi connectivity index (χ3n) is 3.65. The van der Waals surface area contributed by atoms with Gasteiger partial charge in [-0.3, -0.25) is 0 Å². The van der Waals surface area contributed by atoms with Crippen molar-refractivity contribution in [3.05, 3.63) is 59.7 Å². The van der Waals surface area contributed by atoms with E-state index in [1.165, 1.54) is 0 Å². The second kappa shape index (κ2) is 9.18. The first-order chi connectivity index (χ1) is 11.2. The Hall–Kier alpha value is -2.04. The van der Waals surface area contributed by atoms with E-state index in [9.17, 15) is 0 Å². The minimum Gasteiger partial charge on any atom is -0.490 e. The molecule has 0 aromatic heterocycles. The lowest BCUT2D eigenvalue weighted by Gasteiger charge is -2.16. The van der Waals surface area contributed by atoms with E-state index in [1.54, 1.807) is 0 Å². The van der Waals surface area contributed by atoms with Gasteiger partial charge in [0.1, 0.15) is 6.61 Å². The Labute approximate surface area is 138 Å². The van der Waals surface area contributed by atoms with Crippen LogP contribution < -0.4 is 20.9 Å². The van der Waals surface area contributed by atoms with Crippen LogP contribution in [0.4, 0.5) is 0 Å². The molecule has 4 nitrogen and oxygen atoms in total. The van der Waals surface area contributed by atoms with Gasteiger partial charge in [0.05, 0.1) is 6.61 Å². The Kier molecular flexibility index (Phi) is 6.91. The molecular weight excluding hydrogens is 288 g/mol. The largest absolute Gasteiger partial charge is 0.490 e. The van der Waals surface area contributed by atoms with Gasteiger partial charge in [0.25, 0.3) is 0 Å². The molecule has 2 rings (SSSR count). The zero-order valence-electron chi connectivity index (χ0n) is 13.7. The Morgan fingerprint density at radius 1 is 1.00 bits per heavy atom. The fourth-order valence-electron chi connectivity index (χ4n) is 2.38. The van der Waals surface area contributed by atoms with Crippen LogP contribution in [-0.2, 0) is 6.61 Å². The van der Waals surface area contributed by atoms with Crippen LogP contribution >= 0.6 is 0 Å². The molecule has 4 N–H and O–H groups in total. The minimum absolute atomic E-state index is 0.0269. The van der Waals surface area contributed by atoms with Gasteiger partial charge < -0.3 is 20.9 Å². The standard InChI is InChI=1S/C19H26N2O2/c1-2-22-19-13-16(17(21)9-6-12-20)10-11-18(19)23-14-15-7-4-3-5-8-15/h3-5,7-8,10-11,13,17H,2,6,9,12,14,20-21H2,1H3/t17-/m1/s1. The van der Waals surface area contributed by atoms with Crippen molar-refractivity contribution in [3.63, 3.8) is 0 Å². The summed E-state index contributed by atoms with van der Waals surface area (Å²) in [6, 6.07) is 16.0. The van der Waals surface area contributed by atoms with Crippen LogP contribution in [0, 0.1) is 0 Å². The molecule has 23 heavy (non-hydrogen) atoms. The molecule has 2 aromatic rings. The molecule has 0 amide bonds. The first-order valence-corrected chi connectivity index (χ1v) is 8.13. The van der Waals surface area contributed by atoms with E-state index in [0.717, 1.165) is 35.5 Å². The maximum absolute atomic E-state index is 6.21. The predicted molar refractivity (Wildman–Crippen MR) is 93.6 cm³/mol. The van der Waals surface area contributed by atoms with Gasteiger partial charge in [-0.2, -0.15) is 0 Å². The monoisotopic (exact) mass is 314 g/mol. The summed E-state index contributed by atoms with van der Waals surface area (Å²) in [7, 11) is 0. The Morgan fingerprint density at radius 2 is 1.78 bits per heavy atom. The number of benzene rings is 2. The number of rotatable bonds is 9. The lowest BCUT2D eigenvalue weighted by molar-refractivity contribution is 0.269. The molecule has 0 spiro atoms. The van der Waals surface area contributed by atoms with E-state index in [0.29, 0.717) is 19.8 Å². The van der Waals surface area contributed by atoms with Crippen molar-refractivity contribution >= 4 is 0 Å². The second-order valence-corrected chi connectivity index (χ2v) is 5.45. The minimum atomic E-state index is -0.0269.